The van der Waals surface area contributed by atoms with Crippen molar-refractivity contribution >= 4 is 0 Å². The Hall–Kier alpha value is -0.970. The van der Waals surface area contributed by atoms with Crippen molar-refractivity contribution in [3.8, 4) is 0 Å². The van der Waals surface area contributed by atoms with Gasteiger partial charge in [0.1, 0.15) is 0 Å². The number of nitrogens with zero attached hydrogens (tertiary/aromatic N) is 1. The molecule has 0 aliphatic carbocycles. The lowest BCUT2D eigenvalue weighted by Crippen LogP contribution is -2.58. The summed E-state index contributed by atoms with van der Waals surface area (Å²) in [7, 11) is 0. The van der Waals surface area contributed by atoms with Crippen LogP contribution in [0.4, 0.5) is 0 Å². The summed E-state index contributed by atoms with van der Waals surface area (Å²) in [6.07, 6.45) is 3.50. The molecule has 4 N–H and O–H groups in total. The molecule has 112 valence electrons. The van der Waals surface area contributed by atoms with E-state index in [4.69, 9.17) is 16.2 Å². The molecule has 0 radical (unpaired) electrons. The van der Waals surface area contributed by atoms with Crippen LogP contribution < -0.4 is 11.5 Å². The zero-order valence-electron chi connectivity index (χ0n) is 13.3. The number of ether oxygens (including phenoxy) is 1. The van der Waals surface area contributed by atoms with E-state index in [-0.39, 0.29) is 11.1 Å². The highest BCUT2D eigenvalue weighted by Crippen LogP contribution is 2.13. The Morgan fingerprint density at radius 1 is 0.842 bits per heavy atom. The third kappa shape index (κ3) is 15.0. The van der Waals surface area contributed by atoms with E-state index in [9.17, 15) is 0 Å². The summed E-state index contributed by atoms with van der Waals surface area (Å²) in [6, 6.07) is 5.72. The fraction of sp³-hybridized carbons (Fsp3) is 0.667. The highest BCUT2D eigenvalue weighted by atomic mass is 16.5. The Labute approximate surface area is 118 Å². The molecule has 0 aliphatic heterocycles. The van der Waals surface area contributed by atoms with Crippen molar-refractivity contribution in [3.05, 3.63) is 30.6 Å². The van der Waals surface area contributed by atoms with Gasteiger partial charge in [-0.1, -0.05) is 6.07 Å². The second-order valence-corrected chi connectivity index (χ2v) is 5.25. The van der Waals surface area contributed by atoms with Crippen LogP contribution in [0.3, 0.4) is 0 Å². The molecular weight excluding hydrogens is 238 g/mol. The summed E-state index contributed by atoms with van der Waals surface area (Å²) in [6.45, 7) is 13.4. The lowest BCUT2D eigenvalue weighted by Gasteiger charge is -2.34. The van der Waals surface area contributed by atoms with Crippen LogP contribution in [-0.4, -0.2) is 29.3 Å². The molecule has 0 amide bonds. The van der Waals surface area contributed by atoms with Crippen LogP contribution in [0.5, 0.6) is 0 Å². The maximum atomic E-state index is 5.69. The van der Waals surface area contributed by atoms with Crippen molar-refractivity contribution in [3.63, 3.8) is 0 Å². The van der Waals surface area contributed by atoms with Gasteiger partial charge in [0.15, 0.2) is 0 Å². The molecule has 0 saturated carbocycles. The zero-order chi connectivity index (χ0) is 15.4. The van der Waals surface area contributed by atoms with Gasteiger partial charge in [-0.05, 0) is 53.7 Å². The molecule has 0 bridgehead atoms. The molecule has 1 aromatic heterocycles. The van der Waals surface area contributed by atoms with Crippen molar-refractivity contribution in [1.29, 1.82) is 0 Å². The smallest absolute Gasteiger partial charge is 0.0437 e. The van der Waals surface area contributed by atoms with Crippen LogP contribution in [0.1, 0.15) is 41.5 Å². The minimum Gasteiger partial charge on any atom is -0.382 e. The van der Waals surface area contributed by atoms with E-state index in [1.165, 1.54) is 0 Å². The minimum absolute atomic E-state index is 0.285. The molecule has 19 heavy (non-hydrogen) atoms. The fourth-order valence-electron chi connectivity index (χ4n) is 0.517. The Bertz CT molecular complexity index is 235. The molecule has 0 fully saturated rings. The Morgan fingerprint density at radius 3 is 1.26 bits per heavy atom. The first-order valence-corrected chi connectivity index (χ1v) is 6.67. The average Bonchev–Trinajstić information content (AvgIpc) is 2.31. The fourth-order valence-corrected chi connectivity index (χ4v) is 0.517. The average molecular weight is 269 g/mol. The molecule has 1 rings (SSSR count). The van der Waals surface area contributed by atoms with E-state index >= 15 is 0 Å². The normalized spacial score (nSPS) is 10.7. The number of hydrogen-bond acceptors (Lipinski definition) is 4. The predicted octanol–water partition coefficient (Wildman–Crippen LogP) is 2.59. The summed E-state index contributed by atoms with van der Waals surface area (Å²) >= 11 is 0. The highest BCUT2D eigenvalue weighted by molar-refractivity contribution is 4.93. The summed E-state index contributed by atoms with van der Waals surface area (Å²) in [4.78, 5) is 3.78. The number of aromatic nitrogens is 1. The van der Waals surface area contributed by atoms with Gasteiger partial charge in [-0.3, -0.25) is 4.98 Å². The molecule has 1 heterocycles. The number of rotatable bonds is 3. The van der Waals surface area contributed by atoms with Crippen molar-refractivity contribution in [2.75, 3.05) is 13.2 Å². The van der Waals surface area contributed by atoms with E-state index in [1.807, 2.05) is 59.7 Å². The van der Waals surface area contributed by atoms with Crippen LogP contribution in [0, 0.1) is 0 Å². The molecular formula is C15H31N3O. The van der Waals surface area contributed by atoms with Gasteiger partial charge in [0.25, 0.3) is 0 Å². The maximum Gasteiger partial charge on any atom is 0.0437 e. The van der Waals surface area contributed by atoms with Gasteiger partial charge in [-0.15, -0.1) is 0 Å². The Balaban J connectivity index is 0. The van der Waals surface area contributed by atoms with E-state index < -0.39 is 0 Å². The lowest BCUT2D eigenvalue weighted by atomic mass is 9.85. The second kappa shape index (κ2) is 10.9. The van der Waals surface area contributed by atoms with Crippen molar-refractivity contribution in [2.45, 2.75) is 52.6 Å². The molecule has 4 heteroatoms. The van der Waals surface area contributed by atoms with Gasteiger partial charge < -0.3 is 16.2 Å². The first-order valence-electron chi connectivity index (χ1n) is 6.67. The number of hydrogen-bond donors (Lipinski definition) is 2. The van der Waals surface area contributed by atoms with Gasteiger partial charge in [0.2, 0.25) is 0 Å². The van der Waals surface area contributed by atoms with Crippen LogP contribution in [0.25, 0.3) is 0 Å². The SMILES string of the molecule is CC(C)(N)C(C)(C)N.CCOCC.c1ccncc1. The molecule has 0 spiro atoms. The van der Waals surface area contributed by atoms with E-state index in [2.05, 4.69) is 4.98 Å². The summed E-state index contributed by atoms with van der Waals surface area (Å²) < 4.78 is 4.83. The van der Waals surface area contributed by atoms with Crippen LogP contribution in [0.2, 0.25) is 0 Å². The molecule has 0 aliphatic rings. The predicted molar refractivity (Wildman–Crippen MR) is 82.9 cm³/mol. The summed E-state index contributed by atoms with van der Waals surface area (Å²) in [5.74, 6) is 0. The zero-order valence-corrected chi connectivity index (χ0v) is 13.3. The van der Waals surface area contributed by atoms with Crippen LogP contribution in [-0.2, 0) is 4.74 Å². The molecule has 0 atom stereocenters. The first-order chi connectivity index (χ1) is 8.66. The number of nitrogens with two attached hydrogens (primary N) is 2. The molecule has 4 nitrogen and oxygen atoms in total. The van der Waals surface area contributed by atoms with Gasteiger partial charge in [-0.25, -0.2) is 0 Å². The van der Waals surface area contributed by atoms with E-state index in [1.54, 1.807) is 12.4 Å². The van der Waals surface area contributed by atoms with Gasteiger partial charge in [0.05, 0.1) is 0 Å². The molecule has 1 aromatic rings. The highest BCUT2D eigenvalue weighted by Gasteiger charge is 2.28. The molecule has 0 aromatic carbocycles. The minimum atomic E-state index is -0.285. The Morgan fingerprint density at radius 2 is 1.21 bits per heavy atom. The third-order valence-electron chi connectivity index (χ3n) is 2.64. The van der Waals surface area contributed by atoms with Gasteiger partial charge >= 0.3 is 0 Å². The monoisotopic (exact) mass is 269 g/mol. The summed E-state index contributed by atoms with van der Waals surface area (Å²) in [5.41, 5.74) is 10.8. The second-order valence-electron chi connectivity index (χ2n) is 5.25. The standard InChI is InChI=1S/C6H16N2.C5H5N.C4H10O/c1-5(2,7)6(3,4)8;1-2-4-6-5-3-1;1-3-5-4-2/h7-8H2,1-4H3;1-5H;3-4H2,1-2H3. The van der Waals surface area contributed by atoms with Gasteiger partial charge in [-0.2, -0.15) is 0 Å². The Kier molecular flexibility index (Phi) is 11.7. The van der Waals surface area contributed by atoms with E-state index in [0.29, 0.717) is 0 Å². The van der Waals surface area contributed by atoms with Gasteiger partial charge in [0, 0.05) is 36.7 Å². The van der Waals surface area contributed by atoms with Crippen molar-refractivity contribution in [2.24, 2.45) is 11.5 Å². The lowest BCUT2D eigenvalue weighted by molar-refractivity contribution is 0.162. The van der Waals surface area contributed by atoms with Crippen molar-refractivity contribution < 1.29 is 4.74 Å². The summed E-state index contributed by atoms with van der Waals surface area (Å²) in [5, 5.41) is 0. The van der Waals surface area contributed by atoms with Crippen molar-refractivity contribution in [1.82, 2.24) is 4.98 Å². The topological polar surface area (TPSA) is 74.2 Å². The quantitative estimate of drug-likeness (QED) is 0.884. The third-order valence-corrected chi connectivity index (χ3v) is 2.64. The number of pyridine rings is 1. The maximum absolute atomic E-state index is 5.69. The molecule has 0 unspecified atom stereocenters. The van der Waals surface area contributed by atoms with E-state index in [0.717, 1.165) is 13.2 Å². The van der Waals surface area contributed by atoms with Crippen LogP contribution >= 0.6 is 0 Å². The molecule has 0 saturated heterocycles. The largest absolute Gasteiger partial charge is 0.382 e. The van der Waals surface area contributed by atoms with Crippen LogP contribution in [0.15, 0.2) is 30.6 Å². The first kappa shape index (κ1) is 20.3.